The Morgan fingerprint density at radius 2 is 1.45 bits per heavy atom. The second-order valence-corrected chi connectivity index (χ2v) is 5.47. The maximum Gasteiger partial charge on any atom is 0.266 e. The first kappa shape index (κ1) is 12.8. The molecule has 0 atom stereocenters. The molecule has 0 radical (unpaired) electrons. The summed E-state index contributed by atoms with van der Waals surface area (Å²) >= 11 is 0. The molecule has 2 amide bonds. The molecule has 0 bridgehead atoms. The van der Waals surface area contributed by atoms with Crippen LogP contribution in [0.2, 0.25) is 0 Å². The summed E-state index contributed by atoms with van der Waals surface area (Å²) in [4.78, 5) is 26.3. The number of fused-ring (bicyclic) bond motifs is 2. The van der Waals surface area contributed by atoms with Gasteiger partial charge in [-0.05, 0) is 47.5 Å². The molecule has 0 aliphatic carbocycles. The van der Waals surface area contributed by atoms with Crippen molar-refractivity contribution in [3.05, 3.63) is 77.4 Å². The molecule has 0 N–H and O–H groups in total. The van der Waals surface area contributed by atoms with Crippen LogP contribution in [0.3, 0.4) is 0 Å². The molecule has 1 aliphatic heterocycles. The fourth-order valence-corrected chi connectivity index (χ4v) is 3.00. The molecule has 3 nitrogen and oxygen atoms in total. The van der Waals surface area contributed by atoms with Crippen molar-refractivity contribution in [2.75, 3.05) is 4.90 Å². The van der Waals surface area contributed by atoms with E-state index >= 15 is 0 Å². The van der Waals surface area contributed by atoms with E-state index in [0.717, 1.165) is 10.8 Å². The van der Waals surface area contributed by atoms with Crippen LogP contribution in [0.5, 0.6) is 0 Å². The largest absolute Gasteiger partial charge is 0.268 e. The van der Waals surface area contributed by atoms with Gasteiger partial charge in [-0.1, -0.05) is 36.4 Å². The van der Waals surface area contributed by atoms with Crippen molar-refractivity contribution in [1.29, 1.82) is 0 Å². The first-order chi connectivity index (χ1) is 10.7. The van der Waals surface area contributed by atoms with Gasteiger partial charge in [-0.3, -0.25) is 9.59 Å². The number of nitrogens with zero attached hydrogens (tertiary/aromatic N) is 1. The topological polar surface area (TPSA) is 37.4 Å². The normalized spacial score (nSPS) is 13.8. The molecule has 0 fully saturated rings. The van der Waals surface area contributed by atoms with Crippen LogP contribution in [0.4, 0.5) is 5.69 Å². The number of carbonyl (C=O) groups is 2. The number of hydrogen-bond acceptors (Lipinski definition) is 2. The van der Waals surface area contributed by atoms with E-state index in [1.54, 1.807) is 24.3 Å². The Kier molecular flexibility index (Phi) is 2.63. The molecule has 1 heterocycles. The molecule has 4 rings (SSSR count). The van der Waals surface area contributed by atoms with E-state index in [1.165, 1.54) is 10.5 Å². The van der Waals surface area contributed by atoms with E-state index in [9.17, 15) is 9.59 Å². The number of aryl methyl sites for hydroxylation is 1. The quantitative estimate of drug-likeness (QED) is 0.635. The van der Waals surface area contributed by atoms with E-state index in [-0.39, 0.29) is 11.8 Å². The summed E-state index contributed by atoms with van der Waals surface area (Å²) in [5.74, 6) is -0.514. The van der Waals surface area contributed by atoms with Crippen LogP contribution in [-0.2, 0) is 0 Å². The Morgan fingerprint density at radius 3 is 2.14 bits per heavy atom. The van der Waals surface area contributed by atoms with Crippen molar-refractivity contribution in [2.45, 2.75) is 6.92 Å². The third-order valence-corrected chi connectivity index (χ3v) is 4.13. The maximum absolute atomic E-state index is 12.5. The van der Waals surface area contributed by atoms with Crippen molar-refractivity contribution >= 4 is 28.3 Å². The first-order valence-corrected chi connectivity index (χ1v) is 7.14. The van der Waals surface area contributed by atoms with Crippen molar-refractivity contribution in [1.82, 2.24) is 0 Å². The summed E-state index contributed by atoms with van der Waals surface area (Å²) in [6.07, 6.45) is 0. The molecule has 0 spiro atoms. The third-order valence-electron chi connectivity index (χ3n) is 4.13. The molecule has 0 saturated heterocycles. The van der Waals surface area contributed by atoms with E-state index in [2.05, 4.69) is 0 Å². The van der Waals surface area contributed by atoms with Gasteiger partial charge in [0, 0.05) is 0 Å². The highest BCUT2D eigenvalue weighted by molar-refractivity contribution is 6.34. The van der Waals surface area contributed by atoms with Gasteiger partial charge in [-0.2, -0.15) is 0 Å². The second kappa shape index (κ2) is 4.53. The number of imide groups is 1. The number of carbonyl (C=O) groups excluding carboxylic acids is 2. The third kappa shape index (κ3) is 1.69. The Balaban J connectivity index is 1.87. The molecular formula is C19H13NO2. The van der Waals surface area contributed by atoms with Crippen molar-refractivity contribution < 1.29 is 9.59 Å². The monoisotopic (exact) mass is 287 g/mol. The second-order valence-electron chi connectivity index (χ2n) is 5.47. The predicted octanol–water partition coefficient (Wildman–Crippen LogP) is 3.95. The molecule has 0 unspecified atom stereocenters. The molecule has 3 aromatic carbocycles. The Bertz CT molecular complexity index is 908. The molecule has 22 heavy (non-hydrogen) atoms. The average molecular weight is 287 g/mol. The van der Waals surface area contributed by atoms with Gasteiger partial charge in [0.15, 0.2) is 0 Å². The van der Waals surface area contributed by atoms with Crippen LogP contribution < -0.4 is 4.90 Å². The SMILES string of the molecule is Cc1cccc2cc(N3C(=O)c4ccccc4C3=O)ccc12. The summed E-state index contributed by atoms with van der Waals surface area (Å²) in [5, 5.41) is 2.15. The standard InChI is InChI=1S/C19H13NO2/c1-12-5-4-6-13-11-14(9-10-15(12)13)20-18(21)16-7-2-3-8-17(16)19(20)22/h2-11H,1H3. The van der Waals surface area contributed by atoms with Crippen LogP contribution in [0.15, 0.2) is 60.7 Å². The number of rotatable bonds is 1. The zero-order valence-corrected chi connectivity index (χ0v) is 12.0. The molecule has 3 heteroatoms. The summed E-state index contributed by atoms with van der Waals surface area (Å²) in [7, 11) is 0. The number of anilines is 1. The van der Waals surface area contributed by atoms with E-state index < -0.39 is 0 Å². The zero-order valence-electron chi connectivity index (χ0n) is 12.0. The van der Waals surface area contributed by atoms with E-state index in [0.29, 0.717) is 16.8 Å². The van der Waals surface area contributed by atoms with Crippen molar-refractivity contribution in [3.63, 3.8) is 0 Å². The van der Waals surface area contributed by atoms with Gasteiger partial charge in [0.2, 0.25) is 0 Å². The average Bonchev–Trinajstić information content (AvgIpc) is 2.79. The van der Waals surface area contributed by atoms with Gasteiger partial charge >= 0.3 is 0 Å². The predicted molar refractivity (Wildman–Crippen MR) is 86.3 cm³/mol. The van der Waals surface area contributed by atoms with Crippen LogP contribution in [0.1, 0.15) is 26.3 Å². The fraction of sp³-hybridized carbons (Fsp3) is 0.0526. The minimum atomic E-state index is -0.257. The number of amides is 2. The van der Waals surface area contributed by atoms with Crippen LogP contribution in [-0.4, -0.2) is 11.8 Å². The van der Waals surface area contributed by atoms with E-state index in [1.807, 2.05) is 43.3 Å². The first-order valence-electron chi connectivity index (χ1n) is 7.14. The highest BCUT2D eigenvalue weighted by Crippen LogP contribution is 2.31. The highest BCUT2D eigenvalue weighted by atomic mass is 16.2. The summed E-state index contributed by atoms with van der Waals surface area (Å²) in [5.41, 5.74) is 2.73. The Hall–Kier alpha value is -2.94. The van der Waals surface area contributed by atoms with Crippen LogP contribution >= 0.6 is 0 Å². The van der Waals surface area contributed by atoms with Gasteiger partial charge in [-0.25, -0.2) is 4.90 Å². The lowest BCUT2D eigenvalue weighted by atomic mass is 10.0. The maximum atomic E-state index is 12.5. The van der Waals surface area contributed by atoms with Crippen LogP contribution in [0, 0.1) is 6.92 Å². The van der Waals surface area contributed by atoms with Gasteiger partial charge in [0.25, 0.3) is 11.8 Å². The minimum absolute atomic E-state index is 0.257. The molecule has 3 aromatic rings. The Labute approximate surface area is 127 Å². The van der Waals surface area contributed by atoms with Gasteiger partial charge in [-0.15, -0.1) is 0 Å². The van der Waals surface area contributed by atoms with Gasteiger partial charge in [0.05, 0.1) is 16.8 Å². The highest BCUT2D eigenvalue weighted by Gasteiger charge is 2.36. The molecular weight excluding hydrogens is 274 g/mol. The molecule has 0 aromatic heterocycles. The van der Waals surface area contributed by atoms with Crippen molar-refractivity contribution in [2.24, 2.45) is 0 Å². The fourth-order valence-electron chi connectivity index (χ4n) is 3.00. The molecule has 1 aliphatic rings. The molecule has 106 valence electrons. The minimum Gasteiger partial charge on any atom is -0.268 e. The lowest BCUT2D eigenvalue weighted by Gasteiger charge is -2.15. The lowest BCUT2D eigenvalue weighted by Crippen LogP contribution is -2.29. The van der Waals surface area contributed by atoms with Gasteiger partial charge in [0.1, 0.15) is 0 Å². The lowest BCUT2D eigenvalue weighted by molar-refractivity contribution is 0.0926. The summed E-state index contributed by atoms with van der Waals surface area (Å²) in [6.45, 7) is 2.05. The van der Waals surface area contributed by atoms with Crippen molar-refractivity contribution in [3.8, 4) is 0 Å². The number of benzene rings is 3. The smallest absolute Gasteiger partial charge is 0.266 e. The summed E-state index contributed by atoms with van der Waals surface area (Å²) < 4.78 is 0. The van der Waals surface area contributed by atoms with Crippen LogP contribution in [0.25, 0.3) is 10.8 Å². The zero-order chi connectivity index (χ0) is 15.3. The Morgan fingerprint density at radius 1 is 0.773 bits per heavy atom. The molecule has 0 saturated carbocycles. The van der Waals surface area contributed by atoms with E-state index in [4.69, 9.17) is 0 Å². The van der Waals surface area contributed by atoms with Gasteiger partial charge < -0.3 is 0 Å². The summed E-state index contributed by atoms with van der Waals surface area (Å²) in [6, 6.07) is 18.6. The number of hydrogen-bond donors (Lipinski definition) is 0.